The van der Waals surface area contributed by atoms with Gasteiger partial charge in [0, 0.05) is 36.3 Å². The normalized spacial score (nSPS) is 22.5. The van der Waals surface area contributed by atoms with Gasteiger partial charge < -0.3 is 10.0 Å². The van der Waals surface area contributed by atoms with E-state index in [9.17, 15) is 9.90 Å². The van der Waals surface area contributed by atoms with E-state index in [1.165, 1.54) is 0 Å². The van der Waals surface area contributed by atoms with Gasteiger partial charge in [-0.15, -0.1) is 0 Å². The minimum Gasteiger partial charge on any atom is -0.396 e. The molecular formula is C17H20N2O2. The highest BCUT2D eigenvalue weighted by Gasteiger charge is 2.29. The van der Waals surface area contributed by atoms with Crippen molar-refractivity contribution in [3.05, 3.63) is 42.1 Å². The van der Waals surface area contributed by atoms with Crippen molar-refractivity contribution < 1.29 is 9.90 Å². The maximum atomic E-state index is 12.9. The maximum absolute atomic E-state index is 12.9. The fourth-order valence-electron chi connectivity index (χ4n) is 3.18. The van der Waals surface area contributed by atoms with E-state index >= 15 is 0 Å². The number of carbonyl (C=O) groups is 1. The Labute approximate surface area is 124 Å². The highest BCUT2D eigenvalue weighted by Crippen LogP contribution is 2.26. The Balaban J connectivity index is 1.91. The number of aliphatic hydroxyl groups excluding tert-OH is 1. The molecule has 1 aliphatic rings. The number of nitrogens with zero attached hydrogens (tertiary/aromatic N) is 2. The number of hydrogen-bond acceptors (Lipinski definition) is 3. The van der Waals surface area contributed by atoms with E-state index < -0.39 is 0 Å². The summed E-state index contributed by atoms with van der Waals surface area (Å²) >= 11 is 0. The third-order valence-corrected chi connectivity index (χ3v) is 4.38. The van der Waals surface area contributed by atoms with E-state index in [0.717, 1.165) is 29.3 Å². The lowest BCUT2D eigenvalue weighted by Crippen LogP contribution is -2.45. The van der Waals surface area contributed by atoms with Gasteiger partial charge in [-0.3, -0.25) is 9.78 Å². The Kier molecular flexibility index (Phi) is 3.88. The number of amides is 1. The van der Waals surface area contributed by atoms with E-state index in [1.54, 1.807) is 6.20 Å². The summed E-state index contributed by atoms with van der Waals surface area (Å²) in [4.78, 5) is 19.1. The first-order valence-electron chi connectivity index (χ1n) is 7.46. The lowest BCUT2D eigenvalue weighted by Gasteiger charge is -2.37. The van der Waals surface area contributed by atoms with Crippen LogP contribution < -0.4 is 0 Å². The molecule has 3 rings (SSSR count). The van der Waals surface area contributed by atoms with Crippen molar-refractivity contribution >= 4 is 16.8 Å². The number of fused-ring (bicyclic) bond motifs is 1. The van der Waals surface area contributed by atoms with Gasteiger partial charge >= 0.3 is 0 Å². The molecule has 2 heterocycles. The smallest absolute Gasteiger partial charge is 0.254 e. The van der Waals surface area contributed by atoms with Crippen LogP contribution in [-0.2, 0) is 0 Å². The third kappa shape index (κ3) is 2.63. The van der Waals surface area contributed by atoms with Gasteiger partial charge in [-0.25, -0.2) is 0 Å². The summed E-state index contributed by atoms with van der Waals surface area (Å²) in [5.41, 5.74) is 1.57. The molecule has 4 nitrogen and oxygen atoms in total. The molecule has 0 saturated carbocycles. The van der Waals surface area contributed by atoms with Crippen LogP contribution in [-0.4, -0.2) is 40.1 Å². The molecule has 21 heavy (non-hydrogen) atoms. The first kappa shape index (κ1) is 14.0. The molecule has 2 aromatic rings. The summed E-state index contributed by atoms with van der Waals surface area (Å²) in [6.07, 6.45) is 3.48. The minimum absolute atomic E-state index is 0.0671. The standard InChI is InChI=1S/C17H20N2O2/c1-12-10-13(11-20)7-9-19(12)17(21)15-4-2-6-16-14(15)5-3-8-18-16/h2-6,8,12-13,20H,7,9-11H2,1H3/t12-,13-/m0/s1. The number of rotatable bonds is 2. The Hall–Kier alpha value is -1.94. The second-order valence-electron chi connectivity index (χ2n) is 5.80. The Bertz CT molecular complexity index is 651. The number of piperidine rings is 1. The summed E-state index contributed by atoms with van der Waals surface area (Å²) in [7, 11) is 0. The van der Waals surface area contributed by atoms with E-state index in [-0.39, 0.29) is 18.6 Å². The molecular weight excluding hydrogens is 264 g/mol. The average molecular weight is 284 g/mol. The fraction of sp³-hybridized carbons (Fsp3) is 0.412. The second kappa shape index (κ2) is 5.82. The molecule has 0 bridgehead atoms. The van der Waals surface area contributed by atoms with Crippen LogP contribution in [0.4, 0.5) is 0 Å². The zero-order valence-corrected chi connectivity index (χ0v) is 12.2. The lowest BCUT2D eigenvalue weighted by atomic mass is 9.91. The van der Waals surface area contributed by atoms with E-state index in [4.69, 9.17) is 0 Å². The van der Waals surface area contributed by atoms with Crippen molar-refractivity contribution in [3.63, 3.8) is 0 Å². The topological polar surface area (TPSA) is 53.4 Å². The summed E-state index contributed by atoms with van der Waals surface area (Å²) in [6.45, 7) is 2.98. The SMILES string of the molecule is C[C@H]1C[C@@H](CO)CCN1C(=O)c1cccc2ncccc12. The molecule has 1 aromatic heterocycles. The summed E-state index contributed by atoms with van der Waals surface area (Å²) in [5, 5.41) is 10.2. The Morgan fingerprint density at radius 1 is 1.38 bits per heavy atom. The van der Waals surface area contributed by atoms with Crippen LogP contribution in [0.3, 0.4) is 0 Å². The van der Waals surface area contributed by atoms with Gasteiger partial charge in [0.25, 0.3) is 5.91 Å². The van der Waals surface area contributed by atoms with Crippen molar-refractivity contribution in [2.75, 3.05) is 13.2 Å². The van der Waals surface area contributed by atoms with E-state index in [0.29, 0.717) is 12.5 Å². The van der Waals surface area contributed by atoms with Gasteiger partial charge in [0.05, 0.1) is 5.52 Å². The molecule has 1 amide bonds. The van der Waals surface area contributed by atoms with Gasteiger partial charge in [-0.1, -0.05) is 12.1 Å². The van der Waals surface area contributed by atoms with Crippen molar-refractivity contribution in [1.29, 1.82) is 0 Å². The second-order valence-corrected chi connectivity index (χ2v) is 5.80. The highest BCUT2D eigenvalue weighted by atomic mass is 16.3. The maximum Gasteiger partial charge on any atom is 0.254 e. The average Bonchev–Trinajstić information content (AvgIpc) is 2.53. The molecule has 0 unspecified atom stereocenters. The summed E-state index contributed by atoms with van der Waals surface area (Å²) in [6, 6.07) is 9.65. The molecule has 0 aliphatic carbocycles. The molecule has 110 valence electrons. The number of hydrogen-bond donors (Lipinski definition) is 1. The zero-order valence-electron chi connectivity index (χ0n) is 12.2. The van der Waals surface area contributed by atoms with Crippen LogP contribution in [0.5, 0.6) is 0 Å². The third-order valence-electron chi connectivity index (χ3n) is 4.38. The number of likely N-dealkylation sites (tertiary alicyclic amines) is 1. The molecule has 1 aromatic carbocycles. The van der Waals surface area contributed by atoms with Crippen LogP contribution in [0.15, 0.2) is 36.5 Å². The number of benzene rings is 1. The Morgan fingerprint density at radius 3 is 3.00 bits per heavy atom. The van der Waals surface area contributed by atoms with Gasteiger partial charge in [0.2, 0.25) is 0 Å². The van der Waals surface area contributed by atoms with Gasteiger partial charge in [-0.2, -0.15) is 0 Å². The van der Waals surface area contributed by atoms with Crippen molar-refractivity contribution in [1.82, 2.24) is 9.88 Å². The van der Waals surface area contributed by atoms with Crippen molar-refractivity contribution in [2.24, 2.45) is 5.92 Å². The first-order chi connectivity index (χ1) is 10.2. The number of pyridine rings is 1. The lowest BCUT2D eigenvalue weighted by molar-refractivity contribution is 0.0517. The molecule has 1 fully saturated rings. The molecule has 1 saturated heterocycles. The van der Waals surface area contributed by atoms with Crippen molar-refractivity contribution in [2.45, 2.75) is 25.8 Å². The van der Waals surface area contributed by atoms with Crippen LogP contribution in [0.2, 0.25) is 0 Å². The molecule has 0 spiro atoms. The fourth-order valence-corrected chi connectivity index (χ4v) is 3.18. The predicted molar refractivity (Wildman–Crippen MR) is 82.1 cm³/mol. The predicted octanol–water partition coefficient (Wildman–Crippen LogP) is 2.47. The molecule has 0 radical (unpaired) electrons. The Morgan fingerprint density at radius 2 is 2.24 bits per heavy atom. The molecule has 2 atom stereocenters. The number of aromatic nitrogens is 1. The summed E-state index contributed by atoms with van der Waals surface area (Å²) < 4.78 is 0. The number of carbonyl (C=O) groups excluding carboxylic acids is 1. The zero-order chi connectivity index (χ0) is 14.8. The quantitative estimate of drug-likeness (QED) is 0.921. The number of aliphatic hydroxyl groups is 1. The largest absolute Gasteiger partial charge is 0.396 e. The van der Waals surface area contributed by atoms with E-state index in [1.807, 2.05) is 35.2 Å². The van der Waals surface area contributed by atoms with E-state index in [2.05, 4.69) is 11.9 Å². The molecule has 1 aliphatic heterocycles. The van der Waals surface area contributed by atoms with Crippen LogP contribution in [0, 0.1) is 5.92 Å². The van der Waals surface area contributed by atoms with Gasteiger partial charge in [-0.05, 0) is 43.9 Å². The van der Waals surface area contributed by atoms with Crippen LogP contribution in [0.25, 0.3) is 10.9 Å². The molecule has 4 heteroatoms. The van der Waals surface area contributed by atoms with Crippen molar-refractivity contribution in [3.8, 4) is 0 Å². The van der Waals surface area contributed by atoms with Gasteiger partial charge in [0.15, 0.2) is 0 Å². The van der Waals surface area contributed by atoms with Crippen LogP contribution in [0.1, 0.15) is 30.1 Å². The van der Waals surface area contributed by atoms with Gasteiger partial charge in [0.1, 0.15) is 0 Å². The first-order valence-corrected chi connectivity index (χ1v) is 7.46. The highest BCUT2D eigenvalue weighted by molar-refractivity contribution is 6.06. The monoisotopic (exact) mass is 284 g/mol. The van der Waals surface area contributed by atoms with Crippen LogP contribution >= 0.6 is 0 Å². The minimum atomic E-state index is 0.0671. The summed E-state index contributed by atoms with van der Waals surface area (Å²) in [5.74, 6) is 0.385. The molecule has 1 N–H and O–H groups in total.